The van der Waals surface area contributed by atoms with E-state index in [2.05, 4.69) is 20.7 Å². The lowest BCUT2D eigenvalue weighted by Gasteiger charge is -2.24. The van der Waals surface area contributed by atoms with Crippen LogP contribution in [0.25, 0.3) is 21.6 Å². The molecule has 4 N–H and O–H groups in total. The maximum absolute atomic E-state index is 12.5. The summed E-state index contributed by atoms with van der Waals surface area (Å²) in [4.78, 5) is 29.6. The van der Waals surface area contributed by atoms with E-state index in [0.29, 0.717) is 36.6 Å². The first-order valence-corrected chi connectivity index (χ1v) is 13.0. The molecule has 0 heterocycles. The van der Waals surface area contributed by atoms with Crippen LogP contribution in [0.2, 0.25) is 0 Å². The van der Waals surface area contributed by atoms with Crippen molar-refractivity contribution in [2.75, 3.05) is 36.9 Å². The Hall–Kier alpha value is -3.83. The smallest absolute Gasteiger partial charge is 0.412 e. The third kappa shape index (κ3) is 11.1. The quantitative estimate of drug-likeness (QED) is 0.157. The monoisotopic (exact) mass is 556 g/mol. The maximum atomic E-state index is 12.5. The number of carbonyl (C=O) groups is 2. The van der Waals surface area contributed by atoms with E-state index in [1.54, 1.807) is 59.7 Å². The summed E-state index contributed by atoms with van der Waals surface area (Å²) < 4.78 is 10.8. The van der Waals surface area contributed by atoms with Crippen LogP contribution in [-0.4, -0.2) is 64.8 Å². The summed E-state index contributed by atoms with van der Waals surface area (Å²) in [6, 6.07) is 10.8. The summed E-state index contributed by atoms with van der Waals surface area (Å²) in [6.45, 7) is 11.4. The van der Waals surface area contributed by atoms with Gasteiger partial charge in [-0.05, 0) is 93.6 Å². The second-order valence-electron chi connectivity index (χ2n) is 11.1. The van der Waals surface area contributed by atoms with Crippen molar-refractivity contribution in [2.45, 2.75) is 65.8 Å². The Kier molecular flexibility index (Phi) is 11.8. The fraction of sp³-hybridized carbons (Fsp3) is 0.500. The molecule has 0 saturated heterocycles. The van der Waals surface area contributed by atoms with E-state index in [0.717, 1.165) is 16.7 Å². The number of ether oxygens (including phenoxy) is 2. The predicted octanol–water partition coefficient (Wildman–Crippen LogP) is 5.64. The van der Waals surface area contributed by atoms with Gasteiger partial charge < -0.3 is 19.7 Å². The fourth-order valence-electron chi connectivity index (χ4n) is 3.78. The Morgan fingerprint density at radius 3 is 1.73 bits per heavy atom. The van der Waals surface area contributed by atoms with Crippen LogP contribution in [0.15, 0.2) is 41.5 Å². The van der Waals surface area contributed by atoms with Gasteiger partial charge in [0.05, 0.1) is 19.8 Å². The second kappa shape index (κ2) is 14.5. The molecule has 0 unspecified atom stereocenters. The third-order valence-corrected chi connectivity index (χ3v) is 5.35. The predicted molar refractivity (Wildman–Crippen MR) is 154 cm³/mol. The van der Waals surface area contributed by atoms with E-state index in [1.807, 2.05) is 23.1 Å². The van der Waals surface area contributed by atoms with Gasteiger partial charge in [0.15, 0.2) is 0 Å². The van der Waals surface area contributed by atoms with Gasteiger partial charge >= 0.3 is 12.2 Å². The summed E-state index contributed by atoms with van der Waals surface area (Å²) in [5.74, 6) is 0. The number of nitrogens with one attached hydrogen (secondary N) is 2. The van der Waals surface area contributed by atoms with Crippen molar-refractivity contribution in [3.63, 3.8) is 0 Å². The molecule has 2 amide bonds. The van der Waals surface area contributed by atoms with E-state index in [1.165, 1.54) is 0 Å². The Morgan fingerprint density at radius 2 is 1.30 bits per heavy atom. The Bertz CT molecular complexity index is 1210. The summed E-state index contributed by atoms with van der Waals surface area (Å²) in [6.07, 6.45) is -1.23. The lowest BCUT2D eigenvalue weighted by molar-refractivity contribution is 0.0624. The molecule has 0 spiro atoms. The molecule has 0 radical (unpaired) electrons. The maximum Gasteiger partial charge on any atom is 0.412 e. The number of azide groups is 1. The van der Waals surface area contributed by atoms with Crippen molar-refractivity contribution in [1.82, 2.24) is 4.90 Å². The highest BCUT2D eigenvalue weighted by atomic mass is 16.6. The number of rotatable bonds is 11. The van der Waals surface area contributed by atoms with Crippen molar-refractivity contribution in [2.24, 2.45) is 5.11 Å². The molecule has 218 valence electrons. The largest absolute Gasteiger partial charge is 0.444 e. The SMILES string of the molecule is CC(C)(C)OC(=O)Nc1ccc(-c2ccc(NC(=O)OC(C)(C)C)c(CN(CCO)CCO)c2)cc1CN=[N+]=[N-]. The molecule has 0 aliphatic carbocycles. The molecule has 0 aliphatic rings. The van der Waals surface area contributed by atoms with Gasteiger partial charge in [-0.3, -0.25) is 15.5 Å². The standard InChI is InChI=1S/C28H40N6O6/c1-27(2,3)39-25(37)31-23-9-7-19(15-21(23)17-30-33-29)20-8-10-24(32-26(38)40-28(4,5)6)22(16-20)18-34(11-13-35)12-14-36/h7-10,15-16,35-36H,11-14,17-18H2,1-6H3,(H,31,37)(H,32,38). The van der Waals surface area contributed by atoms with Crippen molar-refractivity contribution in [3.05, 3.63) is 58.0 Å². The fourth-order valence-corrected chi connectivity index (χ4v) is 3.78. The van der Waals surface area contributed by atoms with Crippen LogP contribution in [0.1, 0.15) is 52.7 Å². The van der Waals surface area contributed by atoms with Crippen LogP contribution >= 0.6 is 0 Å². The van der Waals surface area contributed by atoms with E-state index in [9.17, 15) is 19.8 Å². The Balaban J connectivity index is 2.49. The number of aliphatic hydroxyl groups excluding tert-OH is 2. The van der Waals surface area contributed by atoms with Crippen molar-refractivity contribution in [1.29, 1.82) is 0 Å². The third-order valence-electron chi connectivity index (χ3n) is 5.35. The average Bonchev–Trinajstić information content (AvgIpc) is 2.82. The summed E-state index contributed by atoms with van der Waals surface area (Å²) in [5, 5.41) is 28.1. The van der Waals surface area contributed by atoms with Gasteiger partial charge in [0.1, 0.15) is 11.2 Å². The zero-order valence-electron chi connectivity index (χ0n) is 24.0. The molecule has 0 atom stereocenters. The van der Waals surface area contributed by atoms with Crippen LogP contribution in [-0.2, 0) is 22.6 Å². The summed E-state index contributed by atoms with van der Waals surface area (Å²) >= 11 is 0. The first-order valence-electron chi connectivity index (χ1n) is 13.0. The van der Waals surface area contributed by atoms with Gasteiger partial charge in [0, 0.05) is 35.9 Å². The summed E-state index contributed by atoms with van der Waals surface area (Å²) in [7, 11) is 0. The minimum Gasteiger partial charge on any atom is -0.444 e. The van der Waals surface area contributed by atoms with Crippen molar-refractivity contribution in [3.8, 4) is 11.1 Å². The minimum atomic E-state index is -0.680. The van der Waals surface area contributed by atoms with E-state index >= 15 is 0 Å². The minimum absolute atomic E-state index is 0.00138. The van der Waals surface area contributed by atoms with Crippen LogP contribution in [0, 0.1) is 0 Å². The lowest BCUT2D eigenvalue weighted by Crippen LogP contribution is -2.30. The zero-order valence-corrected chi connectivity index (χ0v) is 24.0. The molecule has 0 aliphatic heterocycles. The zero-order chi connectivity index (χ0) is 29.9. The molecule has 0 saturated carbocycles. The highest BCUT2D eigenvalue weighted by Crippen LogP contribution is 2.30. The van der Waals surface area contributed by atoms with Crippen LogP contribution in [0.4, 0.5) is 21.0 Å². The molecule has 12 heteroatoms. The number of benzene rings is 2. The highest BCUT2D eigenvalue weighted by molar-refractivity contribution is 5.88. The molecular formula is C28H40N6O6. The van der Waals surface area contributed by atoms with E-state index in [-0.39, 0.29) is 19.8 Å². The molecule has 0 fully saturated rings. The van der Waals surface area contributed by atoms with E-state index < -0.39 is 23.4 Å². The number of amides is 2. The van der Waals surface area contributed by atoms with Crippen molar-refractivity contribution < 1.29 is 29.3 Å². The number of aliphatic hydroxyl groups is 2. The molecule has 12 nitrogen and oxygen atoms in total. The van der Waals surface area contributed by atoms with Gasteiger partial charge in [0.25, 0.3) is 0 Å². The number of hydrogen-bond donors (Lipinski definition) is 4. The van der Waals surface area contributed by atoms with Crippen LogP contribution < -0.4 is 10.6 Å². The van der Waals surface area contributed by atoms with Crippen LogP contribution in [0.3, 0.4) is 0 Å². The van der Waals surface area contributed by atoms with Crippen LogP contribution in [0.5, 0.6) is 0 Å². The highest BCUT2D eigenvalue weighted by Gasteiger charge is 2.20. The van der Waals surface area contributed by atoms with Gasteiger partial charge in [-0.1, -0.05) is 17.2 Å². The number of anilines is 2. The molecular weight excluding hydrogens is 516 g/mol. The van der Waals surface area contributed by atoms with E-state index in [4.69, 9.17) is 15.0 Å². The van der Waals surface area contributed by atoms with Gasteiger partial charge in [-0.25, -0.2) is 9.59 Å². The van der Waals surface area contributed by atoms with Gasteiger partial charge in [0.2, 0.25) is 0 Å². The molecule has 2 aromatic rings. The number of hydrogen-bond acceptors (Lipinski definition) is 8. The number of nitrogens with zero attached hydrogens (tertiary/aromatic N) is 4. The normalized spacial score (nSPS) is 11.5. The summed E-state index contributed by atoms with van der Waals surface area (Å²) in [5.41, 5.74) is 11.4. The van der Waals surface area contributed by atoms with Crippen molar-refractivity contribution >= 4 is 23.6 Å². The Morgan fingerprint density at radius 1 is 0.850 bits per heavy atom. The first-order chi connectivity index (χ1) is 18.7. The van der Waals surface area contributed by atoms with Gasteiger partial charge in [-0.15, -0.1) is 0 Å². The Labute approximate surface area is 234 Å². The number of carbonyl (C=O) groups excluding carboxylic acids is 2. The average molecular weight is 557 g/mol. The molecule has 40 heavy (non-hydrogen) atoms. The second-order valence-corrected chi connectivity index (χ2v) is 11.1. The lowest BCUT2D eigenvalue weighted by atomic mass is 9.98. The topological polar surface area (TPSA) is 169 Å². The molecule has 2 aromatic carbocycles. The molecule has 0 bridgehead atoms. The molecule has 0 aromatic heterocycles. The first kappa shape index (κ1) is 32.4. The van der Waals surface area contributed by atoms with Gasteiger partial charge in [-0.2, -0.15) is 0 Å². The molecule has 2 rings (SSSR count).